The summed E-state index contributed by atoms with van der Waals surface area (Å²) in [6, 6.07) is 4.72. The Balaban J connectivity index is 3.03. The molecule has 1 rings (SSSR count). The summed E-state index contributed by atoms with van der Waals surface area (Å²) in [6.07, 6.45) is 0. The second-order valence-electron chi connectivity index (χ2n) is 3.98. The van der Waals surface area contributed by atoms with E-state index < -0.39 is 0 Å². The van der Waals surface area contributed by atoms with Crippen LogP contribution < -0.4 is 5.32 Å². The Kier molecular flexibility index (Phi) is 5.79. The molecular weight excluding hydrogens is 268 g/mol. The molecule has 2 N–H and O–H groups in total. The third kappa shape index (κ3) is 4.22. The first kappa shape index (κ1) is 15.5. The van der Waals surface area contributed by atoms with E-state index in [4.69, 9.17) is 16.7 Å². The lowest BCUT2D eigenvalue weighted by atomic mass is 10.1. The van der Waals surface area contributed by atoms with Crippen molar-refractivity contribution >= 4 is 29.1 Å². The van der Waals surface area contributed by atoms with Crippen molar-refractivity contribution in [1.82, 2.24) is 4.90 Å². The highest BCUT2D eigenvalue weighted by Crippen LogP contribution is 2.22. The van der Waals surface area contributed by atoms with Gasteiger partial charge in [0.25, 0.3) is 5.91 Å². The Bertz CT molecular complexity index is 477. The smallest absolute Gasteiger partial charge is 0.255 e. The molecule has 0 aliphatic rings. The summed E-state index contributed by atoms with van der Waals surface area (Å²) in [6.45, 7) is 3.82. The van der Waals surface area contributed by atoms with Gasteiger partial charge in [0.05, 0.1) is 17.2 Å². The van der Waals surface area contributed by atoms with Crippen LogP contribution in [-0.4, -0.2) is 41.5 Å². The van der Waals surface area contributed by atoms with Crippen molar-refractivity contribution in [2.24, 2.45) is 0 Å². The number of aliphatic hydroxyl groups excluding tert-OH is 1. The summed E-state index contributed by atoms with van der Waals surface area (Å²) in [5.41, 5.74) is 0.823. The Morgan fingerprint density at radius 3 is 2.63 bits per heavy atom. The Morgan fingerprint density at radius 1 is 1.42 bits per heavy atom. The lowest BCUT2D eigenvalue weighted by Gasteiger charge is -2.20. The molecule has 6 heteroatoms. The fourth-order valence-corrected chi connectivity index (χ4v) is 1.86. The van der Waals surface area contributed by atoms with Gasteiger partial charge in [-0.25, -0.2) is 0 Å². The molecule has 2 amide bonds. The van der Waals surface area contributed by atoms with Crippen molar-refractivity contribution in [3.8, 4) is 0 Å². The van der Waals surface area contributed by atoms with Gasteiger partial charge in [-0.1, -0.05) is 11.6 Å². The van der Waals surface area contributed by atoms with E-state index in [1.807, 2.05) is 6.92 Å². The van der Waals surface area contributed by atoms with Crippen LogP contribution in [0.1, 0.15) is 24.2 Å². The van der Waals surface area contributed by atoms with Gasteiger partial charge >= 0.3 is 0 Å². The van der Waals surface area contributed by atoms with Crippen LogP contribution in [0.25, 0.3) is 0 Å². The number of benzene rings is 1. The molecule has 0 fully saturated rings. The van der Waals surface area contributed by atoms with E-state index in [1.165, 1.54) is 17.9 Å². The number of likely N-dealkylation sites (N-methyl/N-ethyl adjacent to an activating group) is 1. The number of carbonyl (C=O) groups is 2. The van der Waals surface area contributed by atoms with Crippen molar-refractivity contribution in [3.05, 3.63) is 28.8 Å². The number of hydrogen-bond acceptors (Lipinski definition) is 3. The number of rotatable bonds is 5. The number of carbonyl (C=O) groups excluding carboxylic acids is 2. The van der Waals surface area contributed by atoms with Crippen LogP contribution in [0.15, 0.2) is 18.2 Å². The third-order valence-corrected chi connectivity index (χ3v) is 2.89. The number of hydrogen-bond donors (Lipinski definition) is 2. The number of anilines is 1. The fraction of sp³-hybridized carbons (Fsp3) is 0.385. The van der Waals surface area contributed by atoms with E-state index in [2.05, 4.69) is 5.32 Å². The van der Waals surface area contributed by atoms with E-state index in [0.29, 0.717) is 22.8 Å². The van der Waals surface area contributed by atoms with Crippen LogP contribution in [0.4, 0.5) is 5.69 Å². The van der Waals surface area contributed by atoms with Crippen molar-refractivity contribution in [1.29, 1.82) is 0 Å². The zero-order valence-corrected chi connectivity index (χ0v) is 11.7. The minimum atomic E-state index is -0.270. The van der Waals surface area contributed by atoms with Gasteiger partial charge in [0, 0.05) is 25.7 Å². The van der Waals surface area contributed by atoms with Crippen LogP contribution in [0.3, 0.4) is 0 Å². The largest absolute Gasteiger partial charge is 0.395 e. The van der Waals surface area contributed by atoms with E-state index in [1.54, 1.807) is 12.1 Å². The molecule has 1 aromatic carbocycles. The van der Waals surface area contributed by atoms with Crippen molar-refractivity contribution in [2.75, 3.05) is 25.0 Å². The molecule has 0 aliphatic heterocycles. The van der Waals surface area contributed by atoms with Crippen LogP contribution in [0.2, 0.25) is 5.02 Å². The Morgan fingerprint density at radius 2 is 2.11 bits per heavy atom. The maximum atomic E-state index is 12.2. The molecule has 19 heavy (non-hydrogen) atoms. The number of nitrogens with one attached hydrogen (secondary N) is 1. The fourth-order valence-electron chi connectivity index (χ4n) is 1.66. The average molecular weight is 285 g/mol. The number of nitrogens with zero attached hydrogens (tertiary/aromatic N) is 1. The van der Waals surface area contributed by atoms with Gasteiger partial charge in [-0.15, -0.1) is 0 Å². The topological polar surface area (TPSA) is 69.6 Å². The quantitative estimate of drug-likeness (QED) is 0.865. The highest BCUT2D eigenvalue weighted by atomic mass is 35.5. The normalized spacial score (nSPS) is 10.1. The second-order valence-corrected chi connectivity index (χ2v) is 4.39. The van der Waals surface area contributed by atoms with Crippen LogP contribution in [0.5, 0.6) is 0 Å². The molecule has 0 unspecified atom stereocenters. The molecule has 0 radical (unpaired) electrons. The lowest BCUT2D eigenvalue weighted by molar-refractivity contribution is -0.114. The number of halogens is 1. The minimum absolute atomic E-state index is 0.109. The van der Waals surface area contributed by atoms with E-state index in [0.717, 1.165) is 0 Å². The SMILES string of the molecule is CCN(CCO)C(=O)c1cc(NC(C)=O)ccc1Cl. The first-order chi connectivity index (χ1) is 8.99. The van der Waals surface area contributed by atoms with E-state index in [-0.39, 0.29) is 25.0 Å². The molecule has 0 spiro atoms. The van der Waals surface area contributed by atoms with Crippen LogP contribution >= 0.6 is 11.6 Å². The molecule has 0 bridgehead atoms. The summed E-state index contributed by atoms with van der Waals surface area (Å²) in [4.78, 5) is 24.7. The van der Waals surface area contributed by atoms with Gasteiger partial charge in [0.1, 0.15) is 0 Å². The average Bonchev–Trinajstić information content (AvgIpc) is 2.37. The van der Waals surface area contributed by atoms with Crippen molar-refractivity contribution in [2.45, 2.75) is 13.8 Å². The molecular formula is C13H17ClN2O3. The third-order valence-electron chi connectivity index (χ3n) is 2.56. The zero-order valence-electron chi connectivity index (χ0n) is 10.9. The van der Waals surface area contributed by atoms with Gasteiger partial charge in [0.2, 0.25) is 5.91 Å². The summed E-state index contributed by atoms with van der Waals surface area (Å²) in [5, 5.41) is 11.8. The predicted octanol–water partition coefficient (Wildman–Crippen LogP) is 1.75. The minimum Gasteiger partial charge on any atom is -0.395 e. The number of amides is 2. The highest BCUT2D eigenvalue weighted by Gasteiger charge is 2.17. The molecule has 1 aromatic rings. The molecule has 0 aromatic heterocycles. The van der Waals surface area contributed by atoms with Crippen molar-refractivity contribution < 1.29 is 14.7 Å². The van der Waals surface area contributed by atoms with Crippen LogP contribution in [0, 0.1) is 0 Å². The van der Waals surface area contributed by atoms with E-state index >= 15 is 0 Å². The first-order valence-electron chi connectivity index (χ1n) is 5.96. The Hall–Kier alpha value is -1.59. The lowest BCUT2D eigenvalue weighted by Crippen LogP contribution is -2.33. The predicted molar refractivity (Wildman–Crippen MR) is 74.4 cm³/mol. The molecule has 104 valence electrons. The van der Waals surface area contributed by atoms with Crippen LogP contribution in [-0.2, 0) is 4.79 Å². The van der Waals surface area contributed by atoms with Gasteiger partial charge in [0.15, 0.2) is 0 Å². The second kappa shape index (κ2) is 7.11. The maximum absolute atomic E-state index is 12.2. The molecule has 0 atom stereocenters. The standard InChI is InChI=1S/C13H17ClN2O3/c1-3-16(6-7-17)13(19)11-8-10(15-9(2)18)4-5-12(11)14/h4-5,8,17H,3,6-7H2,1-2H3,(H,15,18). The summed E-state index contributed by atoms with van der Waals surface area (Å²) >= 11 is 6.01. The first-order valence-corrected chi connectivity index (χ1v) is 6.34. The van der Waals surface area contributed by atoms with Gasteiger partial charge in [-0.3, -0.25) is 9.59 Å². The van der Waals surface area contributed by atoms with Gasteiger partial charge < -0.3 is 15.3 Å². The molecule has 0 heterocycles. The summed E-state index contributed by atoms with van der Waals surface area (Å²) in [7, 11) is 0. The van der Waals surface area contributed by atoms with Gasteiger partial charge in [-0.05, 0) is 25.1 Å². The molecule has 5 nitrogen and oxygen atoms in total. The molecule has 0 aliphatic carbocycles. The van der Waals surface area contributed by atoms with E-state index in [9.17, 15) is 9.59 Å². The maximum Gasteiger partial charge on any atom is 0.255 e. The Labute approximate surface area is 117 Å². The van der Waals surface area contributed by atoms with Crippen molar-refractivity contribution in [3.63, 3.8) is 0 Å². The number of aliphatic hydroxyl groups is 1. The van der Waals surface area contributed by atoms with Gasteiger partial charge in [-0.2, -0.15) is 0 Å². The summed E-state index contributed by atoms with van der Waals surface area (Å²) < 4.78 is 0. The molecule has 0 saturated carbocycles. The monoisotopic (exact) mass is 284 g/mol. The molecule has 0 saturated heterocycles. The summed E-state index contributed by atoms with van der Waals surface area (Å²) in [5.74, 6) is -0.489. The zero-order chi connectivity index (χ0) is 14.4. The highest BCUT2D eigenvalue weighted by molar-refractivity contribution is 6.34.